The molecule has 0 saturated heterocycles. The summed E-state index contributed by atoms with van der Waals surface area (Å²) in [7, 11) is -6.00. The van der Waals surface area contributed by atoms with E-state index in [1.54, 1.807) is 0 Å². The van der Waals surface area contributed by atoms with Gasteiger partial charge in [0.2, 0.25) is 0 Å². The van der Waals surface area contributed by atoms with Crippen molar-refractivity contribution in [2.45, 2.75) is 6.92 Å². The molecule has 0 N–H and O–H groups in total. The minimum atomic E-state index is -6.00. The zero-order valence-electron chi connectivity index (χ0n) is 10.1. The first-order valence-electron chi connectivity index (χ1n) is 5.47. The summed E-state index contributed by atoms with van der Waals surface area (Å²) < 4.78 is 40.3. The fraction of sp³-hybridized carbons (Fsp3) is 0.0769. The zero-order valence-corrected chi connectivity index (χ0v) is 12.4. The maximum Gasteiger partial charge on any atom is 0.673 e. The highest BCUT2D eigenvalue weighted by molar-refractivity contribution is 6.50. The van der Waals surface area contributed by atoms with Crippen molar-refractivity contribution < 1.29 is 39.9 Å². The number of aryl methyl sites for hydroxylation is 1. The molecule has 0 bridgehead atoms. The van der Waals surface area contributed by atoms with Gasteiger partial charge in [0, 0.05) is 0 Å². The summed E-state index contributed by atoms with van der Waals surface area (Å²) in [5, 5.41) is 0. The molecule has 2 rings (SSSR count). The monoisotopic (exact) mass is 382 g/mol. The molecular formula is C13H12BF4I. The molecule has 0 fully saturated rings. The molecule has 6 heteroatoms. The fourth-order valence-electron chi connectivity index (χ4n) is 1.39. The molecule has 0 aliphatic rings. The summed E-state index contributed by atoms with van der Waals surface area (Å²) in [6.07, 6.45) is 0. The van der Waals surface area contributed by atoms with Crippen molar-refractivity contribution in [3.63, 3.8) is 0 Å². The van der Waals surface area contributed by atoms with Crippen molar-refractivity contribution in [2.75, 3.05) is 0 Å². The summed E-state index contributed by atoms with van der Waals surface area (Å²) >= 11 is 2.04. The van der Waals surface area contributed by atoms with Gasteiger partial charge >= 0.3 is 7.25 Å². The van der Waals surface area contributed by atoms with E-state index >= 15 is 0 Å². The Labute approximate surface area is 123 Å². The molecule has 0 nitrogen and oxygen atoms in total. The molecule has 2 aromatic rings. The van der Waals surface area contributed by atoms with Gasteiger partial charge in [0.05, 0.1) is 0 Å². The van der Waals surface area contributed by atoms with Crippen LogP contribution in [0.4, 0.5) is 17.3 Å². The quantitative estimate of drug-likeness (QED) is 0.398. The first-order valence-corrected chi connectivity index (χ1v) is 6.63. The van der Waals surface area contributed by atoms with Crippen LogP contribution in [0.2, 0.25) is 0 Å². The van der Waals surface area contributed by atoms with E-state index in [4.69, 9.17) is 0 Å². The number of halogens is 5. The highest BCUT2D eigenvalue weighted by Gasteiger charge is 2.20. The van der Waals surface area contributed by atoms with Crippen LogP contribution in [0, 0.1) is 10.5 Å². The Morgan fingerprint density at radius 3 is 1.42 bits per heavy atom. The zero-order chi connectivity index (χ0) is 14.5. The van der Waals surface area contributed by atoms with Crippen LogP contribution < -0.4 is 22.6 Å². The number of rotatable bonds is 1. The Balaban J connectivity index is 0.000000312. The van der Waals surface area contributed by atoms with Crippen molar-refractivity contribution in [3.8, 4) is 11.1 Å². The minimum absolute atomic E-state index is 1.29. The molecule has 0 unspecified atom stereocenters. The molecule has 0 aliphatic carbocycles. The van der Waals surface area contributed by atoms with Gasteiger partial charge in [0.25, 0.3) is 22.6 Å². The third-order valence-electron chi connectivity index (χ3n) is 2.24. The minimum Gasteiger partial charge on any atom is -0.418 e. The van der Waals surface area contributed by atoms with Gasteiger partial charge in [0.15, 0.2) is 3.57 Å². The third kappa shape index (κ3) is 7.20. The SMILES string of the molecule is Cc1ccc(-c2ccc([IH+])cc2)cc1.F[B-](F)(F)F. The first-order chi connectivity index (χ1) is 8.75. The van der Waals surface area contributed by atoms with E-state index in [1.165, 1.54) is 20.3 Å². The smallest absolute Gasteiger partial charge is 0.418 e. The molecule has 0 saturated carbocycles. The van der Waals surface area contributed by atoms with Gasteiger partial charge in [-0.05, 0) is 42.3 Å². The molecular weight excluding hydrogens is 370 g/mol. The van der Waals surface area contributed by atoms with Crippen molar-refractivity contribution >= 4 is 7.25 Å². The molecule has 102 valence electrons. The molecule has 0 aromatic heterocycles. The Morgan fingerprint density at radius 1 is 0.737 bits per heavy atom. The van der Waals surface area contributed by atoms with E-state index < -0.39 is 7.25 Å². The molecule has 0 radical (unpaired) electrons. The second kappa shape index (κ2) is 6.93. The van der Waals surface area contributed by atoms with Crippen molar-refractivity contribution in [3.05, 3.63) is 57.7 Å². The molecule has 0 heterocycles. The van der Waals surface area contributed by atoms with Crippen LogP contribution >= 0.6 is 0 Å². The van der Waals surface area contributed by atoms with E-state index in [0.29, 0.717) is 0 Å². The Kier molecular flexibility index (Phi) is 5.84. The van der Waals surface area contributed by atoms with E-state index in [1.807, 2.05) is 22.6 Å². The lowest BCUT2D eigenvalue weighted by molar-refractivity contribution is -0.328. The summed E-state index contributed by atoms with van der Waals surface area (Å²) in [5.41, 5.74) is 3.88. The molecule has 19 heavy (non-hydrogen) atoms. The Hall–Kier alpha value is -1.05. The Morgan fingerprint density at radius 2 is 1.05 bits per heavy atom. The Bertz CT molecular complexity index is 456. The van der Waals surface area contributed by atoms with Crippen LogP contribution in [0.1, 0.15) is 5.56 Å². The van der Waals surface area contributed by atoms with Gasteiger partial charge in [0.1, 0.15) is 0 Å². The van der Waals surface area contributed by atoms with E-state index in [2.05, 4.69) is 55.5 Å². The molecule has 2 aromatic carbocycles. The molecule has 0 spiro atoms. The van der Waals surface area contributed by atoms with Gasteiger partial charge in [-0.2, -0.15) is 0 Å². The normalized spacial score (nSPS) is 10.6. The predicted molar refractivity (Wildman–Crippen MR) is 66.9 cm³/mol. The van der Waals surface area contributed by atoms with Crippen molar-refractivity contribution in [2.24, 2.45) is 0 Å². The van der Waals surface area contributed by atoms with Crippen molar-refractivity contribution in [1.29, 1.82) is 0 Å². The second-order valence-electron chi connectivity index (χ2n) is 3.89. The largest absolute Gasteiger partial charge is 0.673 e. The molecule has 0 atom stereocenters. The van der Waals surface area contributed by atoms with E-state index in [0.717, 1.165) is 0 Å². The van der Waals surface area contributed by atoms with E-state index in [9.17, 15) is 17.3 Å². The molecule has 0 aliphatic heterocycles. The number of benzene rings is 2. The van der Waals surface area contributed by atoms with Gasteiger partial charge in [-0.15, -0.1) is 0 Å². The van der Waals surface area contributed by atoms with Crippen molar-refractivity contribution in [1.82, 2.24) is 0 Å². The maximum atomic E-state index is 9.75. The number of hydrogen-bond acceptors (Lipinski definition) is 0. The number of hydrogen-bond donors (Lipinski definition) is 0. The summed E-state index contributed by atoms with van der Waals surface area (Å²) in [5.74, 6) is 0. The summed E-state index contributed by atoms with van der Waals surface area (Å²) in [6, 6.07) is 17.3. The van der Waals surface area contributed by atoms with Crippen LogP contribution in [-0.2, 0) is 0 Å². The average Bonchev–Trinajstić information content (AvgIpc) is 2.29. The second-order valence-corrected chi connectivity index (χ2v) is 5.23. The lowest BCUT2D eigenvalue weighted by Gasteiger charge is -2.00. The lowest BCUT2D eigenvalue weighted by Crippen LogP contribution is -3.34. The predicted octanol–water partition coefficient (Wildman–Crippen LogP) is 1.42. The summed E-state index contributed by atoms with van der Waals surface area (Å²) in [6.45, 7) is 2.11. The van der Waals surface area contributed by atoms with Crippen LogP contribution in [-0.4, -0.2) is 7.25 Å². The van der Waals surface area contributed by atoms with Crippen LogP contribution in [0.3, 0.4) is 0 Å². The average molecular weight is 382 g/mol. The summed E-state index contributed by atoms with van der Waals surface area (Å²) in [4.78, 5) is 0. The van der Waals surface area contributed by atoms with Gasteiger partial charge in [-0.3, -0.25) is 0 Å². The van der Waals surface area contributed by atoms with Gasteiger partial charge in [-0.1, -0.05) is 29.8 Å². The van der Waals surface area contributed by atoms with E-state index in [-0.39, 0.29) is 0 Å². The fourth-order valence-corrected chi connectivity index (χ4v) is 1.78. The van der Waals surface area contributed by atoms with Crippen LogP contribution in [0.5, 0.6) is 0 Å². The highest BCUT2D eigenvalue weighted by atomic mass is 127. The lowest BCUT2D eigenvalue weighted by atomic mass is 10.0. The standard InChI is InChI=1S/C13H12I.BF4/c1-10-2-4-11(5-3-10)12-6-8-13(14)9-7-12;2-1(3,4)5/h2-9,14H,1H3;/q+1;-1. The molecule has 0 amide bonds. The third-order valence-corrected chi connectivity index (χ3v) is 3.02. The maximum absolute atomic E-state index is 9.75. The van der Waals surface area contributed by atoms with Gasteiger partial charge < -0.3 is 17.3 Å². The first kappa shape index (κ1) is 16.0. The topological polar surface area (TPSA) is 0 Å². The van der Waals surface area contributed by atoms with Crippen LogP contribution in [0.15, 0.2) is 48.5 Å². The van der Waals surface area contributed by atoms with Gasteiger partial charge in [-0.25, -0.2) is 0 Å². The highest BCUT2D eigenvalue weighted by Crippen LogP contribution is 2.18. The van der Waals surface area contributed by atoms with Crippen LogP contribution in [0.25, 0.3) is 11.1 Å².